The lowest BCUT2D eigenvalue weighted by molar-refractivity contribution is 0.456. The number of nitrogen functional groups attached to an aromatic ring is 1. The molecule has 3 N–H and O–H groups in total. The Bertz CT molecular complexity index is 594. The fourth-order valence-corrected chi connectivity index (χ4v) is 3.12. The molecule has 1 aliphatic rings. The van der Waals surface area contributed by atoms with Crippen LogP contribution in [0, 0.1) is 5.92 Å². The quantitative estimate of drug-likeness (QED) is 0.634. The van der Waals surface area contributed by atoms with Crippen molar-refractivity contribution in [3.8, 4) is 0 Å². The Morgan fingerprint density at radius 2 is 1.95 bits per heavy atom. The normalized spacial score (nSPS) is 23.4. The molecule has 1 saturated carbocycles. The number of aromatic nitrogens is 1. The number of hydrogen-bond acceptors (Lipinski definition) is 3. The first-order chi connectivity index (χ1) is 9.72. The minimum atomic E-state index is 0.552. The number of fused-ring (bicyclic) bond motifs is 1. The summed E-state index contributed by atoms with van der Waals surface area (Å²) < 4.78 is 0. The zero-order valence-electron chi connectivity index (χ0n) is 12.1. The van der Waals surface area contributed by atoms with Crippen molar-refractivity contribution in [1.82, 2.24) is 4.98 Å². The van der Waals surface area contributed by atoms with Crippen LogP contribution in [0.15, 0.2) is 30.3 Å². The second kappa shape index (κ2) is 5.70. The van der Waals surface area contributed by atoms with E-state index in [4.69, 9.17) is 10.7 Å². The van der Waals surface area contributed by atoms with Crippen LogP contribution >= 0.6 is 0 Å². The van der Waals surface area contributed by atoms with Crippen molar-refractivity contribution in [2.45, 2.75) is 45.1 Å². The van der Waals surface area contributed by atoms with E-state index < -0.39 is 0 Å². The predicted octanol–water partition coefficient (Wildman–Crippen LogP) is 4.20. The molecular weight excluding hydrogens is 246 g/mol. The van der Waals surface area contributed by atoms with Crippen LogP contribution < -0.4 is 11.1 Å². The van der Waals surface area contributed by atoms with Gasteiger partial charge in [0.25, 0.3) is 0 Å². The molecule has 3 heteroatoms. The zero-order chi connectivity index (χ0) is 13.9. The van der Waals surface area contributed by atoms with Crippen LogP contribution in [0.5, 0.6) is 0 Å². The predicted molar refractivity (Wildman–Crippen MR) is 85.8 cm³/mol. The van der Waals surface area contributed by atoms with Gasteiger partial charge >= 0.3 is 0 Å². The highest BCUT2D eigenvalue weighted by molar-refractivity contribution is 5.83. The van der Waals surface area contributed by atoms with E-state index in [1.807, 2.05) is 18.2 Å². The summed E-state index contributed by atoms with van der Waals surface area (Å²) >= 11 is 0. The fourth-order valence-electron chi connectivity index (χ4n) is 3.12. The number of nitrogens with two attached hydrogens (primary N) is 1. The van der Waals surface area contributed by atoms with Crippen LogP contribution in [0.1, 0.15) is 39.0 Å². The number of nitrogens with one attached hydrogen (secondary N) is 1. The molecule has 0 amide bonds. The zero-order valence-corrected chi connectivity index (χ0v) is 12.1. The van der Waals surface area contributed by atoms with E-state index >= 15 is 0 Å². The Kier molecular flexibility index (Phi) is 3.77. The fraction of sp³-hybridized carbons (Fsp3) is 0.471. The summed E-state index contributed by atoms with van der Waals surface area (Å²) in [5, 5.41) is 4.74. The molecule has 1 heterocycles. The van der Waals surface area contributed by atoms with Gasteiger partial charge in [-0.25, -0.2) is 4.98 Å². The molecule has 1 fully saturated rings. The molecule has 3 nitrogen and oxygen atoms in total. The highest BCUT2D eigenvalue weighted by atomic mass is 15.0. The third kappa shape index (κ3) is 2.87. The van der Waals surface area contributed by atoms with Gasteiger partial charge in [-0.2, -0.15) is 0 Å². The Labute approximate surface area is 120 Å². The molecule has 0 spiro atoms. The van der Waals surface area contributed by atoms with E-state index in [9.17, 15) is 0 Å². The van der Waals surface area contributed by atoms with Gasteiger partial charge in [0, 0.05) is 17.1 Å². The number of hydrogen-bond donors (Lipinski definition) is 2. The van der Waals surface area contributed by atoms with Gasteiger partial charge in [0.2, 0.25) is 0 Å². The van der Waals surface area contributed by atoms with Gasteiger partial charge in [0.15, 0.2) is 0 Å². The second-order valence-electron chi connectivity index (χ2n) is 6.01. The summed E-state index contributed by atoms with van der Waals surface area (Å²) in [6, 6.07) is 10.6. The monoisotopic (exact) mass is 269 g/mol. The smallest absolute Gasteiger partial charge is 0.126 e. The average Bonchev–Trinajstić information content (AvgIpc) is 2.64. The molecule has 0 aliphatic heterocycles. The van der Waals surface area contributed by atoms with Gasteiger partial charge in [-0.1, -0.05) is 26.2 Å². The first-order valence-corrected chi connectivity index (χ1v) is 7.65. The van der Waals surface area contributed by atoms with Crippen LogP contribution in [-0.4, -0.2) is 11.0 Å². The van der Waals surface area contributed by atoms with E-state index in [1.54, 1.807) is 0 Å². The summed E-state index contributed by atoms with van der Waals surface area (Å²) in [4.78, 5) is 4.71. The van der Waals surface area contributed by atoms with E-state index in [0.717, 1.165) is 28.3 Å². The molecule has 1 aromatic carbocycles. The van der Waals surface area contributed by atoms with Crippen molar-refractivity contribution >= 4 is 22.4 Å². The van der Waals surface area contributed by atoms with Crippen LogP contribution in [0.3, 0.4) is 0 Å². The van der Waals surface area contributed by atoms with E-state index in [-0.39, 0.29) is 0 Å². The van der Waals surface area contributed by atoms with E-state index in [0.29, 0.717) is 6.04 Å². The first-order valence-electron chi connectivity index (χ1n) is 7.65. The number of nitrogens with zero attached hydrogens (tertiary/aromatic N) is 1. The van der Waals surface area contributed by atoms with E-state index in [2.05, 4.69) is 24.4 Å². The third-order valence-electron chi connectivity index (χ3n) is 4.41. The van der Waals surface area contributed by atoms with E-state index in [1.165, 1.54) is 32.1 Å². The lowest BCUT2D eigenvalue weighted by Gasteiger charge is -2.23. The topological polar surface area (TPSA) is 50.9 Å². The highest BCUT2D eigenvalue weighted by Crippen LogP contribution is 2.26. The van der Waals surface area contributed by atoms with Crippen molar-refractivity contribution in [1.29, 1.82) is 0 Å². The highest BCUT2D eigenvalue weighted by Gasteiger charge is 2.19. The summed E-state index contributed by atoms with van der Waals surface area (Å²) in [5.41, 5.74) is 7.60. The third-order valence-corrected chi connectivity index (χ3v) is 4.41. The first kappa shape index (κ1) is 13.2. The summed E-state index contributed by atoms with van der Waals surface area (Å²) in [5.74, 6) is 1.71. The van der Waals surface area contributed by atoms with Crippen LogP contribution in [-0.2, 0) is 0 Å². The maximum atomic E-state index is 5.80. The lowest BCUT2D eigenvalue weighted by Crippen LogP contribution is -2.26. The van der Waals surface area contributed by atoms with Gasteiger partial charge in [-0.15, -0.1) is 0 Å². The minimum Gasteiger partial charge on any atom is -0.399 e. The molecule has 0 saturated heterocycles. The maximum Gasteiger partial charge on any atom is 0.126 e. The van der Waals surface area contributed by atoms with Gasteiger partial charge in [-0.05, 0) is 49.1 Å². The minimum absolute atomic E-state index is 0.552. The van der Waals surface area contributed by atoms with Crippen molar-refractivity contribution in [3.63, 3.8) is 0 Å². The van der Waals surface area contributed by atoms with Crippen LogP contribution in [0.2, 0.25) is 0 Å². The maximum absolute atomic E-state index is 5.80. The Morgan fingerprint density at radius 1 is 1.10 bits per heavy atom. The standard InChI is InChI=1S/C17H23N3/c1-12-5-3-2-4-6-15(12)19-17-10-7-13-11-14(18)8-9-16(13)20-17/h7-12,15H,2-6,18H2,1H3,(H,19,20). The van der Waals surface area contributed by atoms with Gasteiger partial charge < -0.3 is 11.1 Å². The van der Waals surface area contributed by atoms with Gasteiger partial charge in [-0.3, -0.25) is 0 Å². The number of pyridine rings is 1. The number of benzene rings is 1. The van der Waals surface area contributed by atoms with Gasteiger partial charge in [0.05, 0.1) is 5.52 Å². The Hall–Kier alpha value is -1.77. The number of anilines is 2. The second-order valence-corrected chi connectivity index (χ2v) is 6.01. The molecule has 0 radical (unpaired) electrons. The average molecular weight is 269 g/mol. The van der Waals surface area contributed by atoms with Crippen molar-refractivity contribution < 1.29 is 0 Å². The largest absolute Gasteiger partial charge is 0.399 e. The van der Waals surface area contributed by atoms with Crippen molar-refractivity contribution in [3.05, 3.63) is 30.3 Å². The molecule has 2 aromatic rings. The van der Waals surface area contributed by atoms with Gasteiger partial charge in [0.1, 0.15) is 5.82 Å². The van der Waals surface area contributed by atoms with Crippen LogP contribution in [0.25, 0.3) is 10.9 Å². The lowest BCUT2D eigenvalue weighted by atomic mass is 9.97. The number of rotatable bonds is 2. The molecule has 3 rings (SSSR count). The Morgan fingerprint density at radius 3 is 2.85 bits per heavy atom. The molecule has 1 aromatic heterocycles. The van der Waals surface area contributed by atoms with Crippen molar-refractivity contribution in [2.24, 2.45) is 5.92 Å². The van der Waals surface area contributed by atoms with Crippen molar-refractivity contribution in [2.75, 3.05) is 11.1 Å². The molecule has 0 bridgehead atoms. The van der Waals surface area contributed by atoms with Crippen LogP contribution in [0.4, 0.5) is 11.5 Å². The molecule has 2 unspecified atom stereocenters. The Balaban J connectivity index is 1.81. The summed E-state index contributed by atoms with van der Waals surface area (Å²) in [7, 11) is 0. The summed E-state index contributed by atoms with van der Waals surface area (Å²) in [6.45, 7) is 2.35. The molecule has 2 atom stereocenters. The molecule has 20 heavy (non-hydrogen) atoms. The summed E-state index contributed by atoms with van der Waals surface area (Å²) in [6.07, 6.45) is 6.63. The molecule has 1 aliphatic carbocycles. The SMILES string of the molecule is CC1CCCCCC1Nc1ccc2cc(N)ccc2n1. The molecular formula is C17H23N3. The molecule has 106 valence electrons.